The summed E-state index contributed by atoms with van der Waals surface area (Å²) in [5.41, 5.74) is 1.94. The van der Waals surface area contributed by atoms with Crippen LogP contribution in [0, 0.1) is 10.1 Å². The standard InChI is InChI=1S/C20H23N5O4/c26-19(22-20(27)21-14-16-4-2-1-3-5-16)15-23-10-12-24(13-11-23)17-6-8-18(9-7-17)25(28)29/h1-9H,10-15H2,(H2,21,22,26,27). The van der Waals surface area contributed by atoms with Crippen molar-refractivity contribution in [3.63, 3.8) is 0 Å². The fraction of sp³-hybridized carbons (Fsp3) is 0.300. The molecule has 3 amide bonds. The molecule has 0 atom stereocenters. The Balaban J connectivity index is 1.39. The molecule has 1 aliphatic rings. The first-order valence-corrected chi connectivity index (χ1v) is 9.34. The highest BCUT2D eigenvalue weighted by Gasteiger charge is 2.20. The number of amides is 3. The highest BCUT2D eigenvalue weighted by atomic mass is 16.6. The van der Waals surface area contributed by atoms with Gasteiger partial charge in [0.15, 0.2) is 0 Å². The topological polar surface area (TPSA) is 108 Å². The molecule has 3 rings (SSSR count). The Hall–Kier alpha value is -3.46. The van der Waals surface area contributed by atoms with Gasteiger partial charge in [-0.15, -0.1) is 0 Å². The lowest BCUT2D eigenvalue weighted by atomic mass is 10.2. The van der Waals surface area contributed by atoms with Crippen LogP contribution < -0.4 is 15.5 Å². The van der Waals surface area contributed by atoms with Gasteiger partial charge in [0.05, 0.1) is 11.5 Å². The fourth-order valence-electron chi connectivity index (χ4n) is 3.14. The maximum absolute atomic E-state index is 12.1. The van der Waals surface area contributed by atoms with Crippen LogP contribution in [0.5, 0.6) is 0 Å². The lowest BCUT2D eigenvalue weighted by Crippen LogP contribution is -2.51. The second-order valence-corrected chi connectivity index (χ2v) is 6.75. The average Bonchev–Trinajstić information content (AvgIpc) is 2.73. The summed E-state index contributed by atoms with van der Waals surface area (Å²) >= 11 is 0. The Kier molecular flexibility index (Phi) is 6.75. The molecule has 9 heteroatoms. The highest BCUT2D eigenvalue weighted by molar-refractivity contribution is 5.95. The number of carbonyl (C=O) groups is 2. The zero-order chi connectivity index (χ0) is 20.6. The average molecular weight is 397 g/mol. The zero-order valence-corrected chi connectivity index (χ0v) is 15.9. The number of hydrogen-bond donors (Lipinski definition) is 2. The number of anilines is 1. The SMILES string of the molecule is O=C(CN1CCN(c2ccc([N+](=O)[O-])cc2)CC1)NC(=O)NCc1ccccc1. The van der Waals surface area contributed by atoms with E-state index >= 15 is 0 Å². The van der Waals surface area contributed by atoms with E-state index in [9.17, 15) is 19.7 Å². The Morgan fingerprint density at radius 1 is 0.966 bits per heavy atom. The molecule has 0 aromatic heterocycles. The van der Waals surface area contributed by atoms with Crippen molar-refractivity contribution in [1.82, 2.24) is 15.5 Å². The molecule has 0 radical (unpaired) electrons. The van der Waals surface area contributed by atoms with E-state index in [-0.39, 0.29) is 18.1 Å². The van der Waals surface area contributed by atoms with Gasteiger partial charge in [0.25, 0.3) is 5.69 Å². The minimum atomic E-state index is -0.511. The van der Waals surface area contributed by atoms with E-state index in [0.29, 0.717) is 32.7 Å². The van der Waals surface area contributed by atoms with Crippen molar-refractivity contribution in [3.8, 4) is 0 Å². The quantitative estimate of drug-likeness (QED) is 0.568. The second kappa shape index (κ2) is 9.65. The van der Waals surface area contributed by atoms with E-state index in [2.05, 4.69) is 15.5 Å². The van der Waals surface area contributed by atoms with Crippen LogP contribution in [0.15, 0.2) is 54.6 Å². The predicted molar refractivity (Wildman–Crippen MR) is 109 cm³/mol. The first-order valence-electron chi connectivity index (χ1n) is 9.34. The summed E-state index contributed by atoms with van der Waals surface area (Å²) in [5.74, 6) is -0.348. The van der Waals surface area contributed by atoms with E-state index in [1.165, 1.54) is 12.1 Å². The number of non-ortho nitro benzene ring substituents is 1. The highest BCUT2D eigenvalue weighted by Crippen LogP contribution is 2.20. The van der Waals surface area contributed by atoms with Crippen LogP contribution in [0.1, 0.15) is 5.56 Å². The fourth-order valence-corrected chi connectivity index (χ4v) is 3.14. The van der Waals surface area contributed by atoms with Gasteiger partial charge in [-0.1, -0.05) is 30.3 Å². The summed E-state index contributed by atoms with van der Waals surface area (Å²) in [6.07, 6.45) is 0. The smallest absolute Gasteiger partial charge is 0.321 e. The van der Waals surface area contributed by atoms with Crippen LogP contribution in [0.2, 0.25) is 0 Å². The van der Waals surface area contributed by atoms with Gasteiger partial charge >= 0.3 is 6.03 Å². The number of carbonyl (C=O) groups excluding carboxylic acids is 2. The van der Waals surface area contributed by atoms with Crippen molar-refractivity contribution in [2.24, 2.45) is 0 Å². The van der Waals surface area contributed by atoms with Crippen molar-refractivity contribution in [2.75, 3.05) is 37.6 Å². The molecule has 2 N–H and O–H groups in total. The number of nitro groups is 1. The van der Waals surface area contributed by atoms with Crippen LogP contribution in [-0.4, -0.2) is 54.5 Å². The lowest BCUT2D eigenvalue weighted by molar-refractivity contribution is -0.384. The maximum Gasteiger partial charge on any atom is 0.321 e. The molecule has 9 nitrogen and oxygen atoms in total. The van der Waals surface area contributed by atoms with Crippen LogP contribution in [0.3, 0.4) is 0 Å². The molecule has 2 aromatic rings. The largest absolute Gasteiger partial charge is 0.369 e. The number of imide groups is 1. The molecular weight excluding hydrogens is 374 g/mol. The van der Waals surface area contributed by atoms with Crippen molar-refractivity contribution in [1.29, 1.82) is 0 Å². The number of nitrogens with zero attached hydrogens (tertiary/aromatic N) is 3. The molecule has 1 aliphatic heterocycles. The van der Waals surface area contributed by atoms with Gasteiger partial charge in [0.2, 0.25) is 5.91 Å². The van der Waals surface area contributed by atoms with Crippen molar-refractivity contribution >= 4 is 23.3 Å². The van der Waals surface area contributed by atoms with Gasteiger partial charge in [0.1, 0.15) is 0 Å². The minimum Gasteiger partial charge on any atom is -0.369 e. The summed E-state index contributed by atoms with van der Waals surface area (Å²) in [5, 5.41) is 15.8. The molecule has 29 heavy (non-hydrogen) atoms. The number of nitrogens with one attached hydrogen (secondary N) is 2. The molecule has 0 bridgehead atoms. The van der Waals surface area contributed by atoms with Crippen LogP contribution in [0.4, 0.5) is 16.2 Å². The third-order valence-corrected chi connectivity index (χ3v) is 4.71. The molecule has 0 saturated carbocycles. The number of benzene rings is 2. The van der Waals surface area contributed by atoms with E-state index in [1.807, 2.05) is 35.2 Å². The van der Waals surface area contributed by atoms with Crippen molar-refractivity contribution in [2.45, 2.75) is 6.54 Å². The van der Waals surface area contributed by atoms with E-state index < -0.39 is 11.0 Å². The Morgan fingerprint density at radius 3 is 2.24 bits per heavy atom. The number of hydrogen-bond acceptors (Lipinski definition) is 6. The van der Waals surface area contributed by atoms with Gasteiger partial charge in [-0.2, -0.15) is 0 Å². The first kappa shape index (κ1) is 20.3. The molecule has 0 aliphatic carbocycles. The zero-order valence-electron chi connectivity index (χ0n) is 15.9. The van der Waals surface area contributed by atoms with Gasteiger partial charge < -0.3 is 10.2 Å². The summed E-state index contributed by atoms with van der Waals surface area (Å²) < 4.78 is 0. The lowest BCUT2D eigenvalue weighted by Gasteiger charge is -2.35. The summed E-state index contributed by atoms with van der Waals surface area (Å²) in [7, 11) is 0. The van der Waals surface area contributed by atoms with Crippen LogP contribution in [-0.2, 0) is 11.3 Å². The Labute approximate surface area is 168 Å². The van der Waals surface area contributed by atoms with Gasteiger partial charge in [-0.25, -0.2) is 4.79 Å². The molecular formula is C20H23N5O4. The van der Waals surface area contributed by atoms with E-state index in [1.54, 1.807) is 12.1 Å². The molecule has 152 valence electrons. The van der Waals surface area contributed by atoms with Crippen LogP contribution >= 0.6 is 0 Å². The van der Waals surface area contributed by atoms with Gasteiger partial charge in [0, 0.05) is 50.5 Å². The first-order chi connectivity index (χ1) is 14.0. The molecule has 1 heterocycles. The third-order valence-electron chi connectivity index (χ3n) is 4.71. The normalized spacial score (nSPS) is 14.3. The van der Waals surface area contributed by atoms with Crippen LogP contribution in [0.25, 0.3) is 0 Å². The van der Waals surface area contributed by atoms with Crippen molar-refractivity contribution < 1.29 is 14.5 Å². The van der Waals surface area contributed by atoms with Crippen molar-refractivity contribution in [3.05, 3.63) is 70.3 Å². The molecule has 1 saturated heterocycles. The molecule has 1 fully saturated rings. The molecule has 0 spiro atoms. The number of rotatable bonds is 6. The summed E-state index contributed by atoms with van der Waals surface area (Å²) in [4.78, 5) is 38.4. The van der Waals surface area contributed by atoms with E-state index in [4.69, 9.17) is 0 Å². The van der Waals surface area contributed by atoms with Gasteiger partial charge in [-0.05, 0) is 17.7 Å². The number of piperazine rings is 1. The molecule has 0 unspecified atom stereocenters. The minimum absolute atomic E-state index is 0.0644. The summed E-state index contributed by atoms with van der Waals surface area (Å²) in [6.45, 7) is 3.23. The Bertz CT molecular complexity index is 849. The number of urea groups is 1. The molecule has 2 aromatic carbocycles. The number of nitro benzene ring substituents is 1. The third kappa shape index (κ3) is 6.01. The summed E-state index contributed by atoms with van der Waals surface area (Å²) in [6, 6.07) is 15.4. The van der Waals surface area contributed by atoms with Gasteiger partial charge in [-0.3, -0.25) is 25.1 Å². The van der Waals surface area contributed by atoms with E-state index in [0.717, 1.165) is 11.3 Å². The predicted octanol–water partition coefficient (Wildman–Crippen LogP) is 1.74. The Morgan fingerprint density at radius 2 is 1.62 bits per heavy atom. The second-order valence-electron chi connectivity index (χ2n) is 6.75. The maximum atomic E-state index is 12.1. The monoisotopic (exact) mass is 397 g/mol.